The molecule has 3 aromatic rings. The molecule has 4 rings (SSSR count). The summed E-state index contributed by atoms with van der Waals surface area (Å²) in [7, 11) is 0. The van der Waals surface area contributed by atoms with E-state index in [1.54, 1.807) is 24.8 Å². The van der Waals surface area contributed by atoms with Crippen LogP contribution in [0.3, 0.4) is 0 Å². The Hall–Kier alpha value is -3.53. The van der Waals surface area contributed by atoms with E-state index in [1.807, 2.05) is 30.4 Å². The van der Waals surface area contributed by atoms with E-state index in [0.717, 1.165) is 49.5 Å². The number of hydrogen-bond donors (Lipinski definition) is 2. The minimum absolute atomic E-state index is 0.552. The number of benzene rings is 1. The van der Waals surface area contributed by atoms with Gasteiger partial charge in [0.25, 0.3) is 0 Å². The number of aromatic nitrogens is 2. The van der Waals surface area contributed by atoms with Gasteiger partial charge >= 0.3 is 0 Å². The van der Waals surface area contributed by atoms with Gasteiger partial charge in [-0.2, -0.15) is 5.26 Å². The average molecular weight is 440 g/mol. The lowest BCUT2D eigenvalue weighted by Crippen LogP contribution is -2.24. The summed E-state index contributed by atoms with van der Waals surface area (Å²) in [6, 6.07) is 14.3. The molecule has 1 atom stereocenters. The minimum atomic E-state index is 0.552. The highest BCUT2D eigenvalue weighted by Crippen LogP contribution is 2.20. The third-order valence-corrected chi connectivity index (χ3v) is 5.68. The van der Waals surface area contributed by atoms with Crippen LogP contribution in [0, 0.1) is 17.2 Å². The largest absolute Gasteiger partial charge is 0.493 e. The van der Waals surface area contributed by atoms with Crippen LogP contribution in [0.2, 0.25) is 0 Å². The fourth-order valence-electron chi connectivity index (χ4n) is 3.92. The second-order valence-electron chi connectivity index (χ2n) is 8.31. The summed E-state index contributed by atoms with van der Waals surface area (Å²) in [4.78, 5) is 8.20. The highest BCUT2D eigenvalue weighted by molar-refractivity contribution is 5.70. The predicted octanol–water partition coefficient (Wildman–Crippen LogP) is 3.84. The summed E-state index contributed by atoms with van der Waals surface area (Å²) >= 11 is 0. The van der Waals surface area contributed by atoms with Gasteiger partial charge in [0.1, 0.15) is 11.8 Å². The van der Waals surface area contributed by atoms with Crippen LogP contribution in [0.1, 0.15) is 34.2 Å². The first-order valence-electron chi connectivity index (χ1n) is 11.4. The first-order valence-corrected chi connectivity index (χ1v) is 11.4. The maximum absolute atomic E-state index is 9.10. The molecule has 0 saturated carbocycles. The van der Waals surface area contributed by atoms with Crippen LogP contribution in [0.5, 0.6) is 5.75 Å². The number of pyridine rings is 2. The van der Waals surface area contributed by atoms with E-state index < -0.39 is 0 Å². The molecule has 168 valence electrons. The molecule has 6 nitrogen and oxygen atoms in total. The molecule has 6 heteroatoms. The first-order chi connectivity index (χ1) is 16.3. The van der Waals surface area contributed by atoms with E-state index in [0.29, 0.717) is 18.1 Å². The van der Waals surface area contributed by atoms with Crippen LogP contribution >= 0.6 is 0 Å². The van der Waals surface area contributed by atoms with Crippen LogP contribution in [-0.4, -0.2) is 36.2 Å². The molecule has 0 radical (unpaired) electrons. The SMILES string of the molecule is N#Cc1cncc(/C=C/c2cc(CNCC3CCNC3)cc(OCCc3ccncc3)c2)c1. The van der Waals surface area contributed by atoms with Crippen LogP contribution < -0.4 is 15.4 Å². The van der Waals surface area contributed by atoms with Gasteiger partial charge in [-0.25, -0.2) is 0 Å². The summed E-state index contributed by atoms with van der Waals surface area (Å²) < 4.78 is 6.11. The van der Waals surface area contributed by atoms with Gasteiger partial charge < -0.3 is 15.4 Å². The van der Waals surface area contributed by atoms with E-state index in [-0.39, 0.29) is 0 Å². The van der Waals surface area contributed by atoms with Crippen molar-refractivity contribution in [3.8, 4) is 11.8 Å². The Morgan fingerprint density at radius 1 is 1.06 bits per heavy atom. The Kier molecular flexibility index (Phi) is 8.18. The van der Waals surface area contributed by atoms with E-state index in [2.05, 4.69) is 44.9 Å². The van der Waals surface area contributed by atoms with E-state index in [9.17, 15) is 0 Å². The monoisotopic (exact) mass is 439 g/mol. The van der Waals surface area contributed by atoms with Crippen LogP contribution in [0.25, 0.3) is 12.2 Å². The highest BCUT2D eigenvalue weighted by atomic mass is 16.5. The lowest BCUT2D eigenvalue weighted by Gasteiger charge is -2.13. The second kappa shape index (κ2) is 11.9. The molecule has 1 fully saturated rings. The Labute approximate surface area is 195 Å². The van der Waals surface area contributed by atoms with Gasteiger partial charge in [0.2, 0.25) is 0 Å². The van der Waals surface area contributed by atoms with Gasteiger partial charge in [0.15, 0.2) is 0 Å². The molecule has 1 aliphatic rings. The number of nitrogens with zero attached hydrogens (tertiary/aromatic N) is 3. The summed E-state index contributed by atoms with van der Waals surface area (Å²) in [6.07, 6.45) is 13.0. The van der Waals surface area contributed by atoms with Crippen molar-refractivity contribution in [1.82, 2.24) is 20.6 Å². The Morgan fingerprint density at radius 2 is 1.94 bits per heavy atom. The van der Waals surface area contributed by atoms with Crippen molar-refractivity contribution >= 4 is 12.2 Å². The Balaban J connectivity index is 1.44. The number of rotatable bonds is 10. The number of ether oxygens (including phenoxy) is 1. The van der Waals surface area contributed by atoms with Crippen LogP contribution in [0.15, 0.2) is 61.2 Å². The Morgan fingerprint density at radius 3 is 2.76 bits per heavy atom. The molecular formula is C27H29N5O. The van der Waals surface area contributed by atoms with Gasteiger partial charge in [-0.15, -0.1) is 0 Å². The van der Waals surface area contributed by atoms with E-state index in [1.165, 1.54) is 17.5 Å². The standard InChI is InChI=1S/C27H29N5O/c28-15-26-12-23(16-31-20-26)2-1-22-11-25(19-32-18-24-5-9-30-17-24)14-27(13-22)33-10-6-21-3-7-29-8-4-21/h1-4,7-8,11-14,16,20,24,30,32H,5-6,9-10,17-19H2/b2-1+. The zero-order valence-corrected chi connectivity index (χ0v) is 18.7. The molecule has 0 bridgehead atoms. The fourth-order valence-corrected chi connectivity index (χ4v) is 3.92. The van der Waals surface area contributed by atoms with Gasteiger partial charge in [0, 0.05) is 37.8 Å². The molecule has 2 N–H and O–H groups in total. The number of hydrogen-bond acceptors (Lipinski definition) is 6. The number of nitriles is 1. The number of nitrogens with one attached hydrogen (secondary N) is 2. The van der Waals surface area contributed by atoms with Crippen LogP contribution in [-0.2, 0) is 13.0 Å². The second-order valence-corrected chi connectivity index (χ2v) is 8.31. The van der Waals surface area contributed by atoms with Crippen molar-refractivity contribution in [1.29, 1.82) is 5.26 Å². The van der Waals surface area contributed by atoms with Gasteiger partial charge in [-0.1, -0.05) is 18.2 Å². The summed E-state index contributed by atoms with van der Waals surface area (Å²) in [5.74, 6) is 1.55. The predicted molar refractivity (Wildman–Crippen MR) is 130 cm³/mol. The van der Waals surface area contributed by atoms with Crippen molar-refractivity contribution in [2.45, 2.75) is 19.4 Å². The maximum Gasteiger partial charge on any atom is 0.120 e. The molecular weight excluding hydrogens is 410 g/mol. The summed E-state index contributed by atoms with van der Waals surface area (Å²) in [5, 5.41) is 16.1. The maximum atomic E-state index is 9.10. The molecule has 1 aromatic carbocycles. The van der Waals surface area contributed by atoms with Gasteiger partial charge in [0.05, 0.1) is 12.2 Å². The summed E-state index contributed by atoms with van der Waals surface area (Å²) in [6.45, 7) is 4.62. The fraction of sp³-hybridized carbons (Fsp3) is 0.296. The molecule has 33 heavy (non-hydrogen) atoms. The zero-order valence-electron chi connectivity index (χ0n) is 18.7. The molecule has 2 aromatic heterocycles. The van der Waals surface area contributed by atoms with Crippen molar-refractivity contribution in [3.63, 3.8) is 0 Å². The molecule has 0 amide bonds. The van der Waals surface area contributed by atoms with Crippen molar-refractivity contribution in [2.75, 3.05) is 26.2 Å². The van der Waals surface area contributed by atoms with E-state index in [4.69, 9.17) is 10.00 Å². The molecule has 0 aliphatic carbocycles. The van der Waals surface area contributed by atoms with Crippen molar-refractivity contribution < 1.29 is 4.74 Å². The molecule has 1 aliphatic heterocycles. The zero-order chi connectivity index (χ0) is 22.7. The third-order valence-electron chi connectivity index (χ3n) is 5.68. The average Bonchev–Trinajstić information content (AvgIpc) is 3.37. The van der Waals surface area contributed by atoms with E-state index >= 15 is 0 Å². The lowest BCUT2D eigenvalue weighted by atomic mass is 10.1. The van der Waals surface area contributed by atoms with Gasteiger partial charge in [-0.05, 0) is 84.6 Å². The molecule has 1 unspecified atom stereocenters. The molecule has 1 saturated heterocycles. The van der Waals surface area contributed by atoms with Crippen LogP contribution in [0.4, 0.5) is 0 Å². The first kappa shape index (κ1) is 22.7. The lowest BCUT2D eigenvalue weighted by molar-refractivity contribution is 0.321. The Bertz CT molecular complexity index is 1100. The smallest absolute Gasteiger partial charge is 0.120 e. The topological polar surface area (TPSA) is 82.9 Å². The molecule has 3 heterocycles. The molecule has 0 spiro atoms. The van der Waals surface area contributed by atoms with Crippen molar-refractivity contribution in [3.05, 3.63) is 89.0 Å². The van der Waals surface area contributed by atoms with Gasteiger partial charge in [-0.3, -0.25) is 9.97 Å². The highest BCUT2D eigenvalue weighted by Gasteiger charge is 2.13. The summed E-state index contributed by atoms with van der Waals surface area (Å²) in [5.41, 5.74) is 4.89. The van der Waals surface area contributed by atoms with Crippen molar-refractivity contribution in [2.24, 2.45) is 5.92 Å². The quantitative estimate of drug-likeness (QED) is 0.499. The normalized spacial score (nSPS) is 15.5. The third kappa shape index (κ3) is 7.25. The minimum Gasteiger partial charge on any atom is -0.493 e.